The first kappa shape index (κ1) is 11.9. The molecule has 0 aliphatic heterocycles. The average Bonchev–Trinajstić information content (AvgIpc) is 2.03. The Hall–Kier alpha value is -1.13. The minimum absolute atomic E-state index is 0. The van der Waals surface area contributed by atoms with E-state index in [4.69, 9.17) is 5.21 Å². The fourth-order valence-electron chi connectivity index (χ4n) is 0.901. The average molecular weight is 203 g/mol. The highest BCUT2D eigenvalue weighted by molar-refractivity contribution is 5.92. The van der Waals surface area contributed by atoms with Gasteiger partial charge < -0.3 is 12.4 Å². The topological polar surface area (TPSA) is 44.4 Å². The SMILES string of the molecule is CN(O)C(=O)c1ccc[n+](C)c1.[Cl-]. The molecule has 0 bridgehead atoms. The van der Waals surface area contributed by atoms with E-state index in [1.165, 1.54) is 7.05 Å². The summed E-state index contributed by atoms with van der Waals surface area (Å²) >= 11 is 0. The van der Waals surface area contributed by atoms with Gasteiger partial charge in [-0.15, -0.1) is 0 Å². The third-order valence-electron chi connectivity index (χ3n) is 1.48. The van der Waals surface area contributed by atoms with Crippen LogP contribution in [0.3, 0.4) is 0 Å². The fourth-order valence-corrected chi connectivity index (χ4v) is 0.901. The van der Waals surface area contributed by atoms with E-state index in [0.29, 0.717) is 10.6 Å². The van der Waals surface area contributed by atoms with Crippen LogP contribution < -0.4 is 17.0 Å². The van der Waals surface area contributed by atoms with E-state index < -0.39 is 5.91 Å². The maximum Gasteiger partial charge on any atom is 0.283 e. The van der Waals surface area contributed by atoms with Gasteiger partial charge in [0.2, 0.25) is 0 Å². The molecule has 0 atom stereocenters. The number of aromatic nitrogens is 1. The van der Waals surface area contributed by atoms with E-state index in [9.17, 15) is 4.79 Å². The van der Waals surface area contributed by atoms with Crippen molar-refractivity contribution in [2.75, 3.05) is 7.05 Å². The number of hydroxylamine groups is 2. The second-order valence-corrected chi connectivity index (χ2v) is 2.59. The molecule has 1 N–H and O–H groups in total. The highest BCUT2D eigenvalue weighted by Crippen LogP contribution is 1.96. The Morgan fingerprint density at radius 2 is 2.23 bits per heavy atom. The number of nitrogens with zero attached hydrogens (tertiary/aromatic N) is 2. The number of hydrogen-bond acceptors (Lipinski definition) is 2. The number of carbonyl (C=O) groups is 1. The second kappa shape index (κ2) is 4.79. The second-order valence-electron chi connectivity index (χ2n) is 2.59. The normalized spacial score (nSPS) is 8.85. The molecule has 13 heavy (non-hydrogen) atoms. The van der Waals surface area contributed by atoms with Crippen molar-refractivity contribution in [2.45, 2.75) is 0 Å². The maximum absolute atomic E-state index is 11.2. The van der Waals surface area contributed by atoms with Crippen molar-refractivity contribution in [3.8, 4) is 0 Å². The highest BCUT2D eigenvalue weighted by Gasteiger charge is 2.11. The number of hydrogen-bond donors (Lipinski definition) is 1. The molecule has 0 saturated heterocycles. The lowest BCUT2D eigenvalue weighted by molar-refractivity contribution is -0.671. The molecule has 1 aromatic heterocycles. The van der Waals surface area contributed by atoms with Gasteiger partial charge in [0.1, 0.15) is 12.6 Å². The lowest BCUT2D eigenvalue weighted by atomic mass is 10.3. The van der Waals surface area contributed by atoms with E-state index in [1.807, 2.05) is 13.2 Å². The van der Waals surface area contributed by atoms with Gasteiger partial charge in [0.15, 0.2) is 12.4 Å². The zero-order valence-corrected chi connectivity index (χ0v) is 8.19. The third kappa shape index (κ3) is 3.01. The van der Waals surface area contributed by atoms with Crippen molar-refractivity contribution >= 4 is 5.91 Å². The van der Waals surface area contributed by atoms with Gasteiger partial charge in [0.25, 0.3) is 5.91 Å². The molecule has 0 spiro atoms. The van der Waals surface area contributed by atoms with Crippen LogP contribution in [0.5, 0.6) is 0 Å². The van der Waals surface area contributed by atoms with Crippen LogP contribution in [0.25, 0.3) is 0 Å². The molecule has 0 saturated carbocycles. The van der Waals surface area contributed by atoms with E-state index in [2.05, 4.69) is 0 Å². The monoisotopic (exact) mass is 202 g/mol. The van der Waals surface area contributed by atoms with Crippen molar-refractivity contribution in [1.82, 2.24) is 5.06 Å². The Labute approximate surface area is 82.8 Å². The van der Waals surface area contributed by atoms with Gasteiger partial charge in [-0.1, -0.05) is 0 Å². The van der Waals surface area contributed by atoms with Crippen LogP contribution >= 0.6 is 0 Å². The van der Waals surface area contributed by atoms with Gasteiger partial charge >= 0.3 is 0 Å². The van der Waals surface area contributed by atoms with Gasteiger partial charge in [0, 0.05) is 13.1 Å². The smallest absolute Gasteiger partial charge is 0.283 e. The van der Waals surface area contributed by atoms with Crippen LogP contribution in [-0.4, -0.2) is 23.2 Å². The predicted octanol–water partition coefficient (Wildman–Crippen LogP) is -3.02. The van der Waals surface area contributed by atoms with E-state index in [-0.39, 0.29) is 12.4 Å². The zero-order valence-electron chi connectivity index (χ0n) is 7.44. The maximum atomic E-state index is 11.2. The Morgan fingerprint density at radius 3 is 2.69 bits per heavy atom. The van der Waals surface area contributed by atoms with Crippen molar-refractivity contribution in [3.63, 3.8) is 0 Å². The molecule has 4 nitrogen and oxygen atoms in total. The molecule has 0 aliphatic carbocycles. The predicted molar refractivity (Wildman–Crippen MR) is 41.5 cm³/mol. The molecule has 1 amide bonds. The Kier molecular flexibility index (Phi) is 4.37. The molecule has 72 valence electrons. The summed E-state index contributed by atoms with van der Waals surface area (Å²) in [6.07, 6.45) is 3.46. The van der Waals surface area contributed by atoms with Crippen LogP contribution in [0, 0.1) is 0 Å². The quantitative estimate of drug-likeness (QED) is 0.299. The largest absolute Gasteiger partial charge is 1.00 e. The number of carbonyl (C=O) groups excluding carboxylic acids is 1. The lowest BCUT2D eigenvalue weighted by Crippen LogP contribution is -3.00. The standard InChI is InChI=1S/C8H11N2O2.ClH/c1-9-5-3-4-7(6-9)8(11)10(2)12;/h3-6,12H,1-2H3;1H/q+1;/p-1. The van der Waals surface area contributed by atoms with Crippen LogP contribution in [-0.2, 0) is 7.05 Å². The Bertz CT molecular complexity index is 302. The molecule has 0 aliphatic rings. The van der Waals surface area contributed by atoms with Crippen molar-refractivity contribution < 1.29 is 27.0 Å². The van der Waals surface area contributed by atoms with Crippen LogP contribution in [0.4, 0.5) is 0 Å². The molecular formula is C8H11ClN2O2. The molecular weight excluding hydrogens is 192 g/mol. The molecule has 1 rings (SSSR count). The number of rotatable bonds is 1. The minimum Gasteiger partial charge on any atom is -1.00 e. The Balaban J connectivity index is 0.00000144. The summed E-state index contributed by atoms with van der Waals surface area (Å²) in [5, 5.41) is 9.40. The molecule has 0 aromatic carbocycles. The fraction of sp³-hybridized carbons (Fsp3) is 0.250. The number of pyridine rings is 1. The summed E-state index contributed by atoms with van der Waals surface area (Å²) in [7, 11) is 3.11. The van der Waals surface area contributed by atoms with Gasteiger partial charge in [-0.3, -0.25) is 10.0 Å². The van der Waals surface area contributed by atoms with Gasteiger partial charge in [-0.2, -0.15) is 0 Å². The first-order chi connectivity index (χ1) is 5.61. The molecule has 0 radical (unpaired) electrons. The van der Waals surface area contributed by atoms with E-state index >= 15 is 0 Å². The minimum atomic E-state index is -0.411. The van der Waals surface area contributed by atoms with Crippen LogP contribution in [0.1, 0.15) is 10.4 Å². The molecule has 1 heterocycles. The summed E-state index contributed by atoms with van der Waals surface area (Å²) in [6, 6.07) is 3.39. The van der Waals surface area contributed by atoms with Crippen molar-refractivity contribution in [2.24, 2.45) is 7.05 Å². The first-order valence-electron chi connectivity index (χ1n) is 3.53. The van der Waals surface area contributed by atoms with Crippen molar-refractivity contribution in [3.05, 3.63) is 30.1 Å². The van der Waals surface area contributed by atoms with Gasteiger partial charge in [-0.25, -0.2) is 9.63 Å². The van der Waals surface area contributed by atoms with Crippen LogP contribution in [0.15, 0.2) is 24.5 Å². The molecule has 1 aromatic rings. The Morgan fingerprint density at radius 1 is 1.62 bits per heavy atom. The number of halogens is 1. The molecule has 5 heteroatoms. The zero-order chi connectivity index (χ0) is 9.14. The summed E-state index contributed by atoms with van der Waals surface area (Å²) < 4.78 is 1.75. The highest BCUT2D eigenvalue weighted by atomic mass is 35.5. The first-order valence-corrected chi connectivity index (χ1v) is 3.53. The van der Waals surface area contributed by atoms with Gasteiger partial charge in [0.05, 0.1) is 0 Å². The van der Waals surface area contributed by atoms with Crippen LogP contribution in [0.2, 0.25) is 0 Å². The summed E-state index contributed by atoms with van der Waals surface area (Å²) in [5.41, 5.74) is 0.463. The molecule has 0 unspecified atom stereocenters. The number of aryl methyl sites for hydroxylation is 1. The number of amides is 1. The van der Waals surface area contributed by atoms with E-state index in [1.54, 1.807) is 22.9 Å². The third-order valence-corrected chi connectivity index (χ3v) is 1.48. The molecule has 0 fully saturated rings. The summed E-state index contributed by atoms with van der Waals surface area (Å²) in [4.78, 5) is 11.2. The van der Waals surface area contributed by atoms with Gasteiger partial charge in [-0.05, 0) is 6.07 Å². The summed E-state index contributed by atoms with van der Waals surface area (Å²) in [5.74, 6) is -0.411. The summed E-state index contributed by atoms with van der Waals surface area (Å²) in [6.45, 7) is 0. The lowest BCUT2D eigenvalue weighted by Gasteiger charge is -2.05. The van der Waals surface area contributed by atoms with E-state index in [0.717, 1.165) is 0 Å². The van der Waals surface area contributed by atoms with Crippen molar-refractivity contribution in [1.29, 1.82) is 0 Å².